The van der Waals surface area contributed by atoms with Gasteiger partial charge in [-0.05, 0) is 22.8 Å². The summed E-state index contributed by atoms with van der Waals surface area (Å²) in [6, 6.07) is 14.6. The fraction of sp³-hybridized carbons (Fsp3) is 0.353. The van der Waals surface area contributed by atoms with Gasteiger partial charge in [0, 0.05) is 19.6 Å². The summed E-state index contributed by atoms with van der Waals surface area (Å²) in [6.07, 6.45) is 0.471. The SMILES string of the molecule is O=C(NCCc1cccc2ccccc12)C1CNCCO1. The van der Waals surface area contributed by atoms with Gasteiger partial charge in [0.1, 0.15) is 6.10 Å². The molecule has 4 nitrogen and oxygen atoms in total. The zero-order chi connectivity index (χ0) is 14.5. The molecule has 21 heavy (non-hydrogen) atoms. The van der Waals surface area contributed by atoms with E-state index in [1.54, 1.807) is 0 Å². The Balaban J connectivity index is 1.58. The number of carbonyl (C=O) groups excluding carboxylic acids is 1. The molecule has 0 radical (unpaired) electrons. The number of hydrogen-bond donors (Lipinski definition) is 2. The third-order valence-corrected chi connectivity index (χ3v) is 3.79. The van der Waals surface area contributed by atoms with Crippen molar-refractivity contribution in [2.75, 3.05) is 26.2 Å². The number of carbonyl (C=O) groups is 1. The number of benzene rings is 2. The van der Waals surface area contributed by atoms with Crippen molar-refractivity contribution in [2.45, 2.75) is 12.5 Å². The van der Waals surface area contributed by atoms with Crippen LogP contribution in [0.1, 0.15) is 5.56 Å². The first-order chi connectivity index (χ1) is 10.3. The van der Waals surface area contributed by atoms with Crippen molar-refractivity contribution in [1.29, 1.82) is 0 Å². The van der Waals surface area contributed by atoms with Crippen LogP contribution in [0.3, 0.4) is 0 Å². The van der Waals surface area contributed by atoms with Crippen molar-refractivity contribution in [3.63, 3.8) is 0 Å². The molecule has 0 saturated carbocycles. The van der Waals surface area contributed by atoms with Crippen LogP contribution in [0.25, 0.3) is 10.8 Å². The van der Waals surface area contributed by atoms with E-state index in [1.807, 2.05) is 12.1 Å². The molecule has 1 aliphatic rings. The molecular formula is C17H20N2O2. The largest absolute Gasteiger partial charge is 0.366 e. The van der Waals surface area contributed by atoms with Gasteiger partial charge in [-0.15, -0.1) is 0 Å². The number of rotatable bonds is 4. The van der Waals surface area contributed by atoms with Crippen LogP contribution in [-0.2, 0) is 16.0 Å². The lowest BCUT2D eigenvalue weighted by Gasteiger charge is -2.22. The Morgan fingerprint density at radius 1 is 1.24 bits per heavy atom. The predicted molar refractivity (Wildman–Crippen MR) is 83.3 cm³/mol. The fourth-order valence-electron chi connectivity index (χ4n) is 2.68. The van der Waals surface area contributed by atoms with Crippen LogP contribution in [0.5, 0.6) is 0 Å². The Hall–Kier alpha value is -1.91. The average molecular weight is 284 g/mol. The van der Waals surface area contributed by atoms with Crippen LogP contribution < -0.4 is 10.6 Å². The molecule has 2 aromatic carbocycles. The normalized spacial score (nSPS) is 18.6. The Kier molecular flexibility index (Phi) is 4.48. The summed E-state index contributed by atoms with van der Waals surface area (Å²) in [7, 11) is 0. The van der Waals surface area contributed by atoms with E-state index in [0.717, 1.165) is 13.0 Å². The standard InChI is InChI=1S/C17H20N2O2/c20-17(16-12-18-10-11-21-16)19-9-8-14-6-3-5-13-4-1-2-7-15(13)14/h1-7,16,18H,8-12H2,(H,19,20). The van der Waals surface area contributed by atoms with Gasteiger partial charge in [0.05, 0.1) is 6.61 Å². The third-order valence-electron chi connectivity index (χ3n) is 3.79. The van der Waals surface area contributed by atoms with Crippen molar-refractivity contribution in [3.8, 4) is 0 Å². The Bertz CT molecular complexity index is 616. The molecule has 0 aromatic heterocycles. The van der Waals surface area contributed by atoms with Gasteiger partial charge in [-0.1, -0.05) is 42.5 Å². The lowest BCUT2D eigenvalue weighted by atomic mass is 10.0. The number of morpholine rings is 1. The quantitative estimate of drug-likeness (QED) is 0.894. The Morgan fingerprint density at radius 2 is 2.10 bits per heavy atom. The number of ether oxygens (including phenoxy) is 1. The van der Waals surface area contributed by atoms with E-state index < -0.39 is 0 Å². The van der Waals surface area contributed by atoms with Gasteiger partial charge in [0.15, 0.2) is 0 Å². The topological polar surface area (TPSA) is 50.4 Å². The summed E-state index contributed by atoms with van der Waals surface area (Å²) in [5.74, 6) is -0.0255. The maximum Gasteiger partial charge on any atom is 0.250 e. The summed E-state index contributed by atoms with van der Waals surface area (Å²) >= 11 is 0. The van der Waals surface area contributed by atoms with E-state index in [2.05, 4.69) is 41.0 Å². The first-order valence-electron chi connectivity index (χ1n) is 7.41. The molecule has 1 saturated heterocycles. The van der Waals surface area contributed by atoms with Crippen molar-refractivity contribution < 1.29 is 9.53 Å². The molecule has 1 aliphatic heterocycles. The van der Waals surface area contributed by atoms with E-state index in [4.69, 9.17) is 4.74 Å². The molecule has 0 bridgehead atoms. The molecule has 1 amide bonds. The van der Waals surface area contributed by atoms with E-state index in [9.17, 15) is 4.79 Å². The van der Waals surface area contributed by atoms with Crippen LogP contribution in [0.4, 0.5) is 0 Å². The molecule has 2 N–H and O–H groups in total. The second kappa shape index (κ2) is 6.70. The van der Waals surface area contributed by atoms with Gasteiger partial charge in [0.2, 0.25) is 5.91 Å². The number of fused-ring (bicyclic) bond motifs is 1. The van der Waals surface area contributed by atoms with Gasteiger partial charge >= 0.3 is 0 Å². The first kappa shape index (κ1) is 14.0. The minimum atomic E-state index is -0.355. The highest BCUT2D eigenvalue weighted by Gasteiger charge is 2.20. The first-order valence-corrected chi connectivity index (χ1v) is 7.41. The zero-order valence-corrected chi connectivity index (χ0v) is 12.0. The highest BCUT2D eigenvalue weighted by Crippen LogP contribution is 2.18. The molecule has 3 rings (SSSR count). The van der Waals surface area contributed by atoms with Gasteiger partial charge in [0.25, 0.3) is 0 Å². The molecular weight excluding hydrogens is 264 g/mol. The molecule has 1 atom stereocenters. The van der Waals surface area contributed by atoms with Crippen LogP contribution >= 0.6 is 0 Å². The molecule has 110 valence electrons. The highest BCUT2D eigenvalue weighted by atomic mass is 16.5. The van der Waals surface area contributed by atoms with E-state index in [-0.39, 0.29) is 12.0 Å². The number of amides is 1. The molecule has 0 spiro atoms. The maximum absolute atomic E-state index is 12.0. The van der Waals surface area contributed by atoms with Crippen LogP contribution in [0, 0.1) is 0 Å². The summed E-state index contributed by atoms with van der Waals surface area (Å²) < 4.78 is 5.44. The predicted octanol–water partition coefficient (Wildman–Crippen LogP) is 1.49. The van der Waals surface area contributed by atoms with E-state index in [0.29, 0.717) is 19.7 Å². The van der Waals surface area contributed by atoms with E-state index >= 15 is 0 Å². The lowest BCUT2D eigenvalue weighted by Crippen LogP contribution is -2.48. The maximum atomic E-state index is 12.0. The zero-order valence-electron chi connectivity index (χ0n) is 12.0. The molecule has 4 heteroatoms. The fourth-order valence-corrected chi connectivity index (χ4v) is 2.68. The van der Waals surface area contributed by atoms with Crippen molar-refractivity contribution in [3.05, 3.63) is 48.0 Å². The number of nitrogens with one attached hydrogen (secondary N) is 2. The van der Waals surface area contributed by atoms with Gasteiger partial charge in [-0.2, -0.15) is 0 Å². The van der Waals surface area contributed by atoms with Crippen LogP contribution in [0.2, 0.25) is 0 Å². The summed E-state index contributed by atoms with van der Waals surface area (Å²) in [4.78, 5) is 12.0. The molecule has 1 fully saturated rings. The van der Waals surface area contributed by atoms with Gasteiger partial charge in [-0.3, -0.25) is 4.79 Å². The minimum Gasteiger partial charge on any atom is -0.366 e. The summed E-state index contributed by atoms with van der Waals surface area (Å²) in [6.45, 7) is 2.65. The average Bonchev–Trinajstić information content (AvgIpc) is 2.56. The monoisotopic (exact) mass is 284 g/mol. The smallest absolute Gasteiger partial charge is 0.250 e. The van der Waals surface area contributed by atoms with Crippen molar-refractivity contribution >= 4 is 16.7 Å². The second-order valence-corrected chi connectivity index (χ2v) is 5.24. The number of hydrogen-bond acceptors (Lipinski definition) is 3. The van der Waals surface area contributed by atoms with E-state index in [1.165, 1.54) is 16.3 Å². The molecule has 0 aliphatic carbocycles. The lowest BCUT2D eigenvalue weighted by molar-refractivity contribution is -0.134. The minimum absolute atomic E-state index is 0.0255. The highest BCUT2D eigenvalue weighted by molar-refractivity contribution is 5.86. The third kappa shape index (κ3) is 3.40. The van der Waals surface area contributed by atoms with Crippen LogP contribution in [-0.4, -0.2) is 38.3 Å². The van der Waals surface area contributed by atoms with Gasteiger partial charge in [-0.25, -0.2) is 0 Å². The Morgan fingerprint density at radius 3 is 2.95 bits per heavy atom. The van der Waals surface area contributed by atoms with Crippen molar-refractivity contribution in [2.24, 2.45) is 0 Å². The van der Waals surface area contributed by atoms with Crippen molar-refractivity contribution in [1.82, 2.24) is 10.6 Å². The second-order valence-electron chi connectivity index (χ2n) is 5.24. The molecule has 1 unspecified atom stereocenters. The Labute approximate surface area is 124 Å². The summed E-state index contributed by atoms with van der Waals surface area (Å²) in [5, 5.41) is 8.62. The van der Waals surface area contributed by atoms with Crippen LogP contribution in [0.15, 0.2) is 42.5 Å². The summed E-state index contributed by atoms with van der Waals surface area (Å²) in [5.41, 5.74) is 1.26. The molecule has 1 heterocycles. The molecule has 2 aromatic rings. The van der Waals surface area contributed by atoms with Gasteiger partial charge < -0.3 is 15.4 Å².